The van der Waals surface area contributed by atoms with Crippen LogP contribution in [0, 0.1) is 0 Å². The number of aromatic nitrogens is 3. The lowest BCUT2D eigenvalue weighted by Gasteiger charge is -2.08. The van der Waals surface area contributed by atoms with Crippen molar-refractivity contribution in [2.75, 3.05) is 12.4 Å². The van der Waals surface area contributed by atoms with Crippen LogP contribution in [0.5, 0.6) is 5.75 Å². The average Bonchev–Trinajstić information content (AvgIpc) is 3.53. The first-order valence-electron chi connectivity index (χ1n) is 10.7. The summed E-state index contributed by atoms with van der Waals surface area (Å²) < 4.78 is 10.8. The van der Waals surface area contributed by atoms with Gasteiger partial charge in [0.25, 0.3) is 5.91 Å². The Bertz CT molecular complexity index is 1670. The van der Waals surface area contributed by atoms with Gasteiger partial charge in [0.1, 0.15) is 22.5 Å². The number of ether oxygens (including phenoxy) is 1. The molecule has 0 saturated heterocycles. The van der Waals surface area contributed by atoms with Gasteiger partial charge in [-0.3, -0.25) is 10.1 Å². The quantitative estimate of drug-likeness (QED) is 0.224. The zero-order valence-corrected chi connectivity index (χ0v) is 22.0. The molecule has 186 valence electrons. The molecule has 0 bridgehead atoms. The highest BCUT2D eigenvalue weighted by Crippen LogP contribution is 2.30. The van der Waals surface area contributed by atoms with Crippen molar-refractivity contribution in [3.63, 3.8) is 0 Å². The van der Waals surface area contributed by atoms with Gasteiger partial charge in [0.05, 0.1) is 27.9 Å². The highest BCUT2D eigenvalue weighted by molar-refractivity contribution is 7.80. The number of amides is 1. The van der Waals surface area contributed by atoms with Gasteiger partial charge in [0.15, 0.2) is 10.9 Å². The molecule has 12 heteroatoms. The first-order valence-corrected chi connectivity index (χ1v) is 12.2. The predicted octanol–water partition coefficient (Wildman–Crippen LogP) is 6.78. The number of anilines is 1. The molecular formula is C25H16Cl3N5O3S. The van der Waals surface area contributed by atoms with Crippen LogP contribution in [0.4, 0.5) is 5.69 Å². The third kappa shape index (κ3) is 5.40. The van der Waals surface area contributed by atoms with Crippen LogP contribution >= 0.6 is 47.0 Å². The van der Waals surface area contributed by atoms with Crippen molar-refractivity contribution in [3.8, 4) is 22.8 Å². The largest absolute Gasteiger partial charge is 0.495 e. The second-order valence-electron chi connectivity index (χ2n) is 7.71. The van der Waals surface area contributed by atoms with Gasteiger partial charge in [0, 0.05) is 11.3 Å². The number of nitrogens with zero attached hydrogens (tertiary/aromatic N) is 3. The van der Waals surface area contributed by atoms with E-state index in [1.807, 2.05) is 0 Å². The molecule has 3 aromatic carbocycles. The van der Waals surface area contributed by atoms with Crippen molar-refractivity contribution < 1.29 is 13.9 Å². The molecule has 0 spiro atoms. The molecule has 0 unspecified atom stereocenters. The monoisotopic (exact) mass is 571 g/mol. The van der Waals surface area contributed by atoms with E-state index in [4.69, 9.17) is 56.2 Å². The lowest BCUT2D eigenvalue weighted by molar-refractivity contribution is 0.0951. The van der Waals surface area contributed by atoms with Crippen LogP contribution < -0.4 is 15.4 Å². The summed E-state index contributed by atoms with van der Waals surface area (Å²) in [6.45, 7) is 0. The first kappa shape index (κ1) is 25.0. The van der Waals surface area contributed by atoms with Gasteiger partial charge < -0.3 is 14.5 Å². The van der Waals surface area contributed by atoms with E-state index >= 15 is 0 Å². The van der Waals surface area contributed by atoms with Crippen molar-refractivity contribution in [1.82, 2.24) is 20.3 Å². The number of hydrogen-bond donors (Lipinski definition) is 2. The zero-order chi connectivity index (χ0) is 26.1. The predicted molar refractivity (Wildman–Crippen MR) is 148 cm³/mol. The summed E-state index contributed by atoms with van der Waals surface area (Å²) in [5.41, 5.74) is 3.26. The molecule has 0 aliphatic heterocycles. The zero-order valence-electron chi connectivity index (χ0n) is 19.0. The van der Waals surface area contributed by atoms with Crippen molar-refractivity contribution in [3.05, 3.63) is 87.6 Å². The minimum Gasteiger partial charge on any atom is -0.495 e. The van der Waals surface area contributed by atoms with Crippen LogP contribution in [-0.4, -0.2) is 33.1 Å². The van der Waals surface area contributed by atoms with Crippen LogP contribution in [0.3, 0.4) is 0 Å². The molecule has 0 radical (unpaired) electrons. The molecule has 8 nitrogen and oxygen atoms in total. The molecule has 0 saturated carbocycles. The van der Waals surface area contributed by atoms with Crippen molar-refractivity contribution in [2.24, 2.45) is 0 Å². The highest BCUT2D eigenvalue weighted by atomic mass is 35.5. The Hall–Kier alpha value is -3.63. The Balaban J connectivity index is 1.26. The number of hydrogen-bond acceptors (Lipinski definition) is 6. The number of nitrogens with one attached hydrogen (secondary N) is 2. The van der Waals surface area contributed by atoms with E-state index in [2.05, 4.69) is 20.8 Å². The number of furan rings is 1. The number of methoxy groups -OCH3 is 1. The fraction of sp³-hybridized carbons (Fsp3) is 0.0400. The third-order valence-electron chi connectivity index (χ3n) is 5.27. The number of carbonyl (C=O) groups is 1. The van der Waals surface area contributed by atoms with E-state index in [9.17, 15) is 4.79 Å². The molecule has 2 heterocycles. The second-order valence-corrected chi connectivity index (χ2v) is 9.34. The van der Waals surface area contributed by atoms with Crippen molar-refractivity contribution >= 4 is 74.8 Å². The Labute approximate surface area is 231 Å². The van der Waals surface area contributed by atoms with Crippen LogP contribution in [0.25, 0.3) is 28.0 Å². The summed E-state index contributed by atoms with van der Waals surface area (Å²) >= 11 is 23.5. The molecular weight excluding hydrogens is 557 g/mol. The van der Waals surface area contributed by atoms with E-state index in [-0.39, 0.29) is 10.9 Å². The Morgan fingerprint density at radius 2 is 1.73 bits per heavy atom. The summed E-state index contributed by atoms with van der Waals surface area (Å²) in [5.74, 6) is 0.604. The van der Waals surface area contributed by atoms with Crippen LogP contribution in [0.2, 0.25) is 15.1 Å². The van der Waals surface area contributed by atoms with Gasteiger partial charge in [-0.2, -0.15) is 4.80 Å². The molecule has 37 heavy (non-hydrogen) atoms. The number of benzene rings is 3. The normalized spacial score (nSPS) is 10.9. The number of thiocarbonyl (C=S) groups is 1. The Morgan fingerprint density at radius 3 is 2.49 bits per heavy atom. The smallest absolute Gasteiger partial charge is 0.293 e. The van der Waals surface area contributed by atoms with E-state index in [0.717, 1.165) is 0 Å². The minimum absolute atomic E-state index is 0.0850. The standard InChI is InChI=1S/C25H16Cl3N5O3S/c1-35-22-7-4-15(12-18(22)28)33-31-19-6-3-14(11-20(19)32-33)29-25(37)30-24(34)23-9-8-21(36-23)13-2-5-16(26)17(27)10-13/h2-12H,1H3,(H2,29,30,34,37). The molecule has 0 aliphatic rings. The molecule has 0 aliphatic carbocycles. The maximum absolute atomic E-state index is 12.6. The summed E-state index contributed by atoms with van der Waals surface area (Å²) in [6.07, 6.45) is 0. The summed E-state index contributed by atoms with van der Waals surface area (Å²) in [7, 11) is 1.55. The number of rotatable bonds is 5. The minimum atomic E-state index is -0.507. The Morgan fingerprint density at radius 1 is 0.919 bits per heavy atom. The average molecular weight is 573 g/mol. The van der Waals surface area contributed by atoms with Crippen molar-refractivity contribution in [2.45, 2.75) is 0 Å². The van der Waals surface area contributed by atoms with Crippen LogP contribution in [0.1, 0.15) is 10.6 Å². The molecule has 1 amide bonds. The van der Waals surface area contributed by atoms with Gasteiger partial charge in [-0.25, -0.2) is 0 Å². The highest BCUT2D eigenvalue weighted by Gasteiger charge is 2.15. The molecule has 5 rings (SSSR count). The van der Waals surface area contributed by atoms with Gasteiger partial charge in [-0.15, -0.1) is 10.2 Å². The van der Waals surface area contributed by atoms with Crippen LogP contribution in [0.15, 0.2) is 71.1 Å². The number of carbonyl (C=O) groups excluding carboxylic acids is 1. The first-order chi connectivity index (χ1) is 17.8. The maximum atomic E-state index is 12.6. The molecule has 0 fully saturated rings. The fourth-order valence-corrected chi connectivity index (χ4v) is 4.24. The summed E-state index contributed by atoms with van der Waals surface area (Å²) in [5, 5.41) is 15.9. The van der Waals surface area contributed by atoms with Gasteiger partial charge >= 0.3 is 0 Å². The lowest BCUT2D eigenvalue weighted by Crippen LogP contribution is -2.33. The van der Waals surface area contributed by atoms with Gasteiger partial charge in [-0.05, 0) is 78.9 Å². The topological polar surface area (TPSA) is 94.2 Å². The fourth-order valence-electron chi connectivity index (χ4n) is 3.48. The molecule has 0 atom stereocenters. The van der Waals surface area contributed by atoms with Crippen molar-refractivity contribution in [1.29, 1.82) is 0 Å². The van der Waals surface area contributed by atoms with Crippen LogP contribution in [-0.2, 0) is 0 Å². The number of halogens is 3. The summed E-state index contributed by atoms with van der Waals surface area (Å²) in [6, 6.07) is 18.8. The lowest BCUT2D eigenvalue weighted by atomic mass is 10.2. The SMILES string of the molecule is COc1ccc(-n2nc3ccc(NC(=S)NC(=O)c4ccc(-c5ccc(Cl)c(Cl)c5)o4)cc3n2)cc1Cl. The maximum Gasteiger partial charge on any atom is 0.293 e. The van der Waals surface area contributed by atoms with E-state index in [1.54, 1.807) is 73.8 Å². The number of fused-ring (bicyclic) bond motifs is 1. The molecule has 2 N–H and O–H groups in total. The Kier molecular flexibility index (Phi) is 7.03. The molecule has 5 aromatic rings. The van der Waals surface area contributed by atoms with E-state index < -0.39 is 5.91 Å². The second kappa shape index (κ2) is 10.4. The molecule has 2 aromatic heterocycles. The van der Waals surface area contributed by atoms with Gasteiger partial charge in [-0.1, -0.05) is 34.8 Å². The van der Waals surface area contributed by atoms with E-state index in [0.29, 0.717) is 54.5 Å². The summed E-state index contributed by atoms with van der Waals surface area (Å²) in [4.78, 5) is 14.1. The van der Waals surface area contributed by atoms with Gasteiger partial charge in [0.2, 0.25) is 0 Å². The third-order valence-corrected chi connectivity index (χ3v) is 6.50. The van der Waals surface area contributed by atoms with E-state index in [1.165, 1.54) is 4.80 Å².